The molecule has 1 N–H and O–H groups in total. The smallest absolute Gasteiger partial charge is 0.246 e. The van der Waals surface area contributed by atoms with Gasteiger partial charge in [-0.05, 0) is 12.8 Å². The summed E-state index contributed by atoms with van der Waals surface area (Å²) in [4.78, 5) is 25.2. The van der Waals surface area contributed by atoms with Crippen molar-refractivity contribution in [1.29, 1.82) is 0 Å². The molecule has 1 aliphatic rings. The van der Waals surface area contributed by atoms with Crippen LogP contribution in [0.25, 0.3) is 0 Å². The van der Waals surface area contributed by atoms with E-state index >= 15 is 0 Å². The summed E-state index contributed by atoms with van der Waals surface area (Å²) in [7, 11) is 0. The molecule has 0 aromatic rings. The molecule has 0 aromatic heterocycles. The number of hydrogen-bond donors (Lipinski definition) is 1. The van der Waals surface area contributed by atoms with Crippen LogP contribution in [0.5, 0.6) is 0 Å². The quantitative estimate of drug-likeness (QED) is 0.809. The van der Waals surface area contributed by atoms with Gasteiger partial charge in [-0.25, -0.2) is 0 Å². The summed E-state index contributed by atoms with van der Waals surface area (Å²) in [6, 6.07) is -0.947. The first kappa shape index (κ1) is 13.0. The minimum atomic E-state index is -0.488. The predicted molar refractivity (Wildman–Crippen MR) is 62.9 cm³/mol. The van der Waals surface area contributed by atoms with Crippen molar-refractivity contribution in [2.45, 2.75) is 32.9 Å². The molecule has 1 aliphatic heterocycles. The first-order chi connectivity index (χ1) is 7.34. The van der Waals surface area contributed by atoms with E-state index in [0.29, 0.717) is 5.03 Å². The molecular formula is C11H17ClN2O2. The lowest BCUT2D eigenvalue weighted by molar-refractivity contribution is -0.149. The Kier molecular flexibility index (Phi) is 3.97. The number of rotatable bonds is 3. The maximum absolute atomic E-state index is 12.1. The van der Waals surface area contributed by atoms with E-state index < -0.39 is 12.1 Å². The Morgan fingerprint density at radius 3 is 2.56 bits per heavy atom. The normalized spacial score (nSPS) is 25.9. The third-order valence-electron chi connectivity index (χ3n) is 2.70. The Hall–Kier alpha value is -1.03. The number of nitrogens with one attached hydrogen (secondary N) is 1. The summed E-state index contributed by atoms with van der Waals surface area (Å²) < 4.78 is 0. The average molecular weight is 245 g/mol. The highest BCUT2D eigenvalue weighted by atomic mass is 35.5. The largest absolute Gasteiger partial charge is 0.342 e. The van der Waals surface area contributed by atoms with Gasteiger partial charge in [-0.15, -0.1) is 0 Å². The van der Waals surface area contributed by atoms with Gasteiger partial charge in [0.1, 0.15) is 12.1 Å². The van der Waals surface area contributed by atoms with E-state index in [1.165, 1.54) is 4.90 Å². The molecule has 1 rings (SSSR count). The van der Waals surface area contributed by atoms with Crippen molar-refractivity contribution in [3.05, 3.63) is 11.6 Å². The highest BCUT2D eigenvalue weighted by molar-refractivity contribution is 6.29. The summed E-state index contributed by atoms with van der Waals surface area (Å²) in [5.74, 6) is -0.171. The van der Waals surface area contributed by atoms with Gasteiger partial charge in [0.2, 0.25) is 11.8 Å². The van der Waals surface area contributed by atoms with E-state index in [1.54, 1.807) is 6.92 Å². The molecular weight excluding hydrogens is 228 g/mol. The fourth-order valence-corrected chi connectivity index (χ4v) is 1.83. The molecule has 2 unspecified atom stereocenters. The van der Waals surface area contributed by atoms with Crippen molar-refractivity contribution in [3.8, 4) is 0 Å². The molecule has 1 heterocycles. The van der Waals surface area contributed by atoms with Crippen molar-refractivity contribution in [2.24, 2.45) is 5.92 Å². The number of piperazine rings is 1. The molecule has 0 spiro atoms. The lowest BCUT2D eigenvalue weighted by Gasteiger charge is -2.38. The maximum atomic E-state index is 12.1. The molecule has 0 aliphatic carbocycles. The van der Waals surface area contributed by atoms with Gasteiger partial charge in [0.15, 0.2) is 0 Å². The van der Waals surface area contributed by atoms with Crippen LogP contribution in [-0.2, 0) is 9.59 Å². The van der Waals surface area contributed by atoms with Crippen LogP contribution in [0.15, 0.2) is 11.6 Å². The van der Waals surface area contributed by atoms with Crippen LogP contribution < -0.4 is 5.32 Å². The molecule has 0 aromatic carbocycles. The highest BCUT2D eigenvalue weighted by Crippen LogP contribution is 2.17. The van der Waals surface area contributed by atoms with Gasteiger partial charge >= 0.3 is 0 Å². The Morgan fingerprint density at radius 1 is 1.56 bits per heavy atom. The molecule has 2 atom stereocenters. The van der Waals surface area contributed by atoms with Crippen LogP contribution in [-0.4, -0.2) is 35.3 Å². The first-order valence-electron chi connectivity index (χ1n) is 5.28. The fraction of sp³-hybridized carbons (Fsp3) is 0.636. The molecule has 16 heavy (non-hydrogen) atoms. The number of amides is 2. The summed E-state index contributed by atoms with van der Waals surface area (Å²) in [5.41, 5.74) is 0. The number of nitrogens with zero attached hydrogens (tertiary/aromatic N) is 1. The minimum absolute atomic E-state index is 0.0649. The Bertz CT molecular complexity index is 328. The summed E-state index contributed by atoms with van der Waals surface area (Å²) in [6.07, 6.45) is 0. The fourth-order valence-electron chi connectivity index (χ4n) is 1.70. The van der Waals surface area contributed by atoms with Gasteiger partial charge in [0.25, 0.3) is 0 Å². The van der Waals surface area contributed by atoms with Crippen LogP contribution >= 0.6 is 11.6 Å². The second-order valence-corrected chi connectivity index (χ2v) is 4.92. The molecule has 0 bridgehead atoms. The van der Waals surface area contributed by atoms with Crippen LogP contribution in [0.4, 0.5) is 0 Å². The van der Waals surface area contributed by atoms with Gasteiger partial charge < -0.3 is 10.2 Å². The third kappa shape index (κ3) is 2.55. The highest BCUT2D eigenvalue weighted by Gasteiger charge is 2.39. The van der Waals surface area contributed by atoms with Crippen LogP contribution in [0.1, 0.15) is 20.8 Å². The van der Waals surface area contributed by atoms with Crippen molar-refractivity contribution in [3.63, 3.8) is 0 Å². The number of carbonyl (C=O) groups is 2. The molecule has 0 saturated carbocycles. The van der Waals surface area contributed by atoms with Gasteiger partial charge in [-0.3, -0.25) is 9.59 Å². The Balaban J connectivity index is 2.90. The first-order valence-corrected chi connectivity index (χ1v) is 5.66. The molecule has 1 saturated heterocycles. The molecule has 1 fully saturated rings. The topological polar surface area (TPSA) is 49.4 Å². The van der Waals surface area contributed by atoms with Crippen molar-refractivity contribution >= 4 is 23.4 Å². The Morgan fingerprint density at radius 2 is 2.12 bits per heavy atom. The van der Waals surface area contributed by atoms with Crippen molar-refractivity contribution < 1.29 is 9.59 Å². The maximum Gasteiger partial charge on any atom is 0.246 e. The van der Waals surface area contributed by atoms with E-state index in [4.69, 9.17) is 11.6 Å². The zero-order valence-electron chi connectivity index (χ0n) is 9.79. The van der Waals surface area contributed by atoms with Crippen LogP contribution in [0.2, 0.25) is 0 Å². The second-order valence-electron chi connectivity index (χ2n) is 4.39. The minimum Gasteiger partial charge on any atom is -0.342 e. The van der Waals surface area contributed by atoms with Gasteiger partial charge in [0, 0.05) is 5.03 Å². The molecule has 5 heteroatoms. The lowest BCUT2D eigenvalue weighted by atomic mass is 9.98. The third-order valence-corrected chi connectivity index (χ3v) is 2.82. The van der Waals surface area contributed by atoms with E-state index in [2.05, 4.69) is 11.9 Å². The Labute approximate surface area is 101 Å². The van der Waals surface area contributed by atoms with Crippen molar-refractivity contribution in [2.75, 3.05) is 6.54 Å². The lowest BCUT2D eigenvalue weighted by Crippen LogP contribution is -2.63. The average Bonchev–Trinajstić information content (AvgIpc) is 2.17. The van der Waals surface area contributed by atoms with E-state index in [1.807, 2.05) is 13.8 Å². The standard InChI is InChI=1S/C11H17ClN2O2/c1-6(2)9-11(16)14(5-7(3)12)8(4)10(15)13-9/h6,8-9H,3,5H2,1-2,4H3,(H,13,15). The van der Waals surface area contributed by atoms with E-state index in [9.17, 15) is 9.59 Å². The zero-order chi connectivity index (χ0) is 12.5. The zero-order valence-corrected chi connectivity index (χ0v) is 10.5. The van der Waals surface area contributed by atoms with Crippen LogP contribution in [0, 0.1) is 5.92 Å². The number of carbonyl (C=O) groups excluding carboxylic acids is 2. The molecule has 0 radical (unpaired) electrons. The molecule has 2 amide bonds. The summed E-state index contributed by atoms with van der Waals surface area (Å²) >= 11 is 5.70. The summed E-state index contributed by atoms with van der Waals surface area (Å²) in [6.45, 7) is 9.25. The SMILES string of the molecule is C=C(Cl)CN1C(=O)C(C(C)C)NC(=O)C1C. The van der Waals surface area contributed by atoms with Gasteiger partial charge in [-0.1, -0.05) is 32.0 Å². The predicted octanol–water partition coefficient (Wildman–Crippen LogP) is 1.11. The van der Waals surface area contributed by atoms with Crippen molar-refractivity contribution in [1.82, 2.24) is 10.2 Å². The van der Waals surface area contributed by atoms with Gasteiger partial charge in [0.05, 0.1) is 6.54 Å². The summed E-state index contributed by atoms with van der Waals surface area (Å²) in [5, 5.41) is 3.07. The van der Waals surface area contributed by atoms with E-state index in [0.717, 1.165) is 0 Å². The monoisotopic (exact) mass is 244 g/mol. The molecule has 4 nitrogen and oxygen atoms in total. The number of halogens is 1. The van der Waals surface area contributed by atoms with Crippen LogP contribution in [0.3, 0.4) is 0 Å². The second kappa shape index (κ2) is 4.87. The van der Waals surface area contributed by atoms with Gasteiger partial charge in [-0.2, -0.15) is 0 Å². The number of hydrogen-bond acceptors (Lipinski definition) is 2. The van der Waals surface area contributed by atoms with E-state index in [-0.39, 0.29) is 24.3 Å². The molecule has 90 valence electrons.